The molecule has 0 spiro atoms. The van der Waals surface area contributed by atoms with Crippen LogP contribution in [0.3, 0.4) is 0 Å². The molecule has 1 heterocycles. The molecular weight excluding hydrogens is 306 g/mol. The highest BCUT2D eigenvalue weighted by Crippen LogP contribution is 2.32. The van der Waals surface area contributed by atoms with Crippen molar-refractivity contribution in [3.63, 3.8) is 0 Å². The number of carbonyl (C=O) groups is 1. The van der Waals surface area contributed by atoms with E-state index in [4.69, 9.17) is 0 Å². The number of anilines is 1. The van der Waals surface area contributed by atoms with Gasteiger partial charge >= 0.3 is 0 Å². The Morgan fingerprint density at radius 3 is 2.42 bits per heavy atom. The minimum atomic E-state index is -0.488. The number of rotatable bonds is 4. The smallest absolute Gasteiger partial charge is 0.295 e. The minimum absolute atomic E-state index is 0.112. The van der Waals surface area contributed by atoms with Crippen molar-refractivity contribution in [1.82, 2.24) is 4.98 Å². The largest absolute Gasteiger partial charge is 0.321 e. The molecule has 0 bridgehead atoms. The van der Waals surface area contributed by atoms with Crippen molar-refractivity contribution in [2.24, 2.45) is 0 Å². The van der Waals surface area contributed by atoms with Crippen LogP contribution in [-0.2, 0) is 0 Å². The van der Waals surface area contributed by atoms with Gasteiger partial charge in [0, 0.05) is 23.4 Å². The quantitative estimate of drug-likeness (QED) is 0.583. The standard InChI is InChI=1S/C18H13N3O3/c22-18(13-7-2-1-3-8-13)20-15-10-5-4-9-14(15)17-16(21(23)24)11-6-12-19-17/h1-12H,(H,20,22). The number of amides is 1. The van der Waals surface area contributed by atoms with E-state index >= 15 is 0 Å². The van der Waals surface area contributed by atoms with Gasteiger partial charge in [-0.15, -0.1) is 0 Å². The SMILES string of the molecule is O=C(Nc1ccccc1-c1ncccc1[N+](=O)[O-])c1ccccc1. The summed E-state index contributed by atoms with van der Waals surface area (Å²) < 4.78 is 0. The maximum absolute atomic E-state index is 12.4. The summed E-state index contributed by atoms with van der Waals surface area (Å²) in [6.45, 7) is 0. The lowest BCUT2D eigenvalue weighted by molar-refractivity contribution is -0.384. The molecule has 0 saturated heterocycles. The Morgan fingerprint density at radius 1 is 0.958 bits per heavy atom. The molecule has 0 aliphatic heterocycles. The van der Waals surface area contributed by atoms with E-state index in [-0.39, 0.29) is 17.3 Å². The molecule has 0 fully saturated rings. The molecular formula is C18H13N3O3. The normalized spacial score (nSPS) is 10.2. The summed E-state index contributed by atoms with van der Waals surface area (Å²) in [5.41, 5.74) is 1.57. The van der Waals surface area contributed by atoms with Crippen LogP contribution in [0.5, 0.6) is 0 Å². The van der Waals surface area contributed by atoms with E-state index in [0.29, 0.717) is 16.8 Å². The van der Waals surface area contributed by atoms with Crippen LogP contribution in [0.4, 0.5) is 11.4 Å². The van der Waals surface area contributed by atoms with Crippen LogP contribution in [0.1, 0.15) is 10.4 Å². The summed E-state index contributed by atoms with van der Waals surface area (Å²) in [7, 11) is 0. The van der Waals surface area contributed by atoms with Gasteiger partial charge in [-0.1, -0.05) is 36.4 Å². The molecule has 6 nitrogen and oxygen atoms in total. The summed E-state index contributed by atoms with van der Waals surface area (Å²) in [5, 5.41) is 14.0. The van der Waals surface area contributed by atoms with Gasteiger partial charge < -0.3 is 5.32 Å². The summed E-state index contributed by atoms with van der Waals surface area (Å²) in [6, 6.07) is 18.5. The van der Waals surface area contributed by atoms with Crippen LogP contribution in [0.15, 0.2) is 72.9 Å². The van der Waals surface area contributed by atoms with E-state index in [1.807, 2.05) is 6.07 Å². The molecule has 118 valence electrons. The third-order valence-electron chi connectivity index (χ3n) is 3.45. The predicted molar refractivity (Wildman–Crippen MR) is 90.7 cm³/mol. The van der Waals surface area contributed by atoms with E-state index in [0.717, 1.165) is 0 Å². The van der Waals surface area contributed by atoms with Crippen LogP contribution in [0.25, 0.3) is 11.3 Å². The Hall–Kier alpha value is -3.54. The maximum atomic E-state index is 12.4. The molecule has 3 rings (SSSR count). The first-order valence-corrected chi connectivity index (χ1v) is 7.22. The Bertz CT molecular complexity index is 895. The second-order valence-corrected chi connectivity index (χ2v) is 4.99. The first kappa shape index (κ1) is 15.4. The number of hydrogen-bond donors (Lipinski definition) is 1. The zero-order chi connectivity index (χ0) is 16.9. The second kappa shape index (κ2) is 6.70. The van der Waals surface area contributed by atoms with Gasteiger partial charge in [0.05, 0.1) is 10.6 Å². The zero-order valence-corrected chi connectivity index (χ0v) is 12.5. The number of para-hydroxylation sites is 1. The summed E-state index contributed by atoms with van der Waals surface area (Å²) in [6.07, 6.45) is 1.48. The van der Waals surface area contributed by atoms with Gasteiger partial charge in [-0.05, 0) is 24.3 Å². The number of benzene rings is 2. The van der Waals surface area contributed by atoms with Crippen molar-refractivity contribution in [3.8, 4) is 11.3 Å². The van der Waals surface area contributed by atoms with Crippen molar-refractivity contribution in [1.29, 1.82) is 0 Å². The van der Waals surface area contributed by atoms with Crippen molar-refractivity contribution in [3.05, 3.63) is 88.6 Å². The van der Waals surface area contributed by atoms with Gasteiger partial charge in [0.1, 0.15) is 5.69 Å². The van der Waals surface area contributed by atoms with Gasteiger partial charge in [0.15, 0.2) is 0 Å². The van der Waals surface area contributed by atoms with Crippen molar-refractivity contribution >= 4 is 17.3 Å². The van der Waals surface area contributed by atoms with Crippen LogP contribution >= 0.6 is 0 Å². The molecule has 0 unspecified atom stereocenters. The number of nitrogens with zero attached hydrogens (tertiary/aromatic N) is 2. The van der Waals surface area contributed by atoms with Crippen molar-refractivity contribution in [2.45, 2.75) is 0 Å². The molecule has 24 heavy (non-hydrogen) atoms. The number of carbonyl (C=O) groups excluding carboxylic acids is 1. The number of hydrogen-bond acceptors (Lipinski definition) is 4. The van der Waals surface area contributed by atoms with Crippen LogP contribution in [0.2, 0.25) is 0 Å². The number of nitro groups is 1. The van der Waals surface area contributed by atoms with Gasteiger partial charge in [-0.3, -0.25) is 14.9 Å². The van der Waals surface area contributed by atoms with Crippen molar-refractivity contribution < 1.29 is 9.72 Å². The van der Waals surface area contributed by atoms with Gasteiger partial charge in [0.2, 0.25) is 0 Å². The Labute approximate surface area is 137 Å². The van der Waals surface area contributed by atoms with E-state index in [1.54, 1.807) is 48.5 Å². The monoisotopic (exact) mass is 319 g/mol. The van der Waals surface area contributed by atoms with E-state index in [1.165, 1.54) is 18.3 Å². The molecule has 0 aliphatic carbocycles. The van der Waals surface area contributed by atoms with Crippen LogP contribution < -0.4 is 5.32 Å². The molecule has 1 aromatic heterocycles. The molecule has 0 atom stereocenters. The lowest BCUT2D eigenvalue weighted by Crippen LogP contribution is -2.12. The van der Waals surface area contributed by atoms with E-state index in [9.17, 15) is 14.9 Å². The first-order chi connectivity index (χ1) is 11.7. The average molecular weight is 319 g/mol. The zero-order valence-electron chi connectivity index (χ0n) is 12.5. The third-order valence-corrected chi connectivity index (χ3v) is 3.45. The highest BCUT2D eigenvalue weighted by molar-refractivity contribution is 6.06. The lowest BCUT2D eigenvalue weighted by Gasteiger charge is -2.11. The van der Waals surface area contributed by atoms with Gasteiger partial charge in [0.25, 0.3) is 11.6 Å². The highest BCUT2D eigenvalue weighted by atomic mass is 16.6. The third kappa shape index (κ3) is 3.12. The molecule has 0 aliphatic rings. The lowest BCUT2D eigenvalue weighted by atomic mass is 10.1. The summed E-state index contributed by atoms with van der Waals surface area (Å²) >= 11 is 0. The molecule has 1 amide bonds. The second-order valence-electron chi connectivity index (χ2n) is 4.99. The predicted octanol–water partition coefficient (Wildman–Crippen LogP) is 3.91. The van der Waals surface area contributed by atoms with Crippen LogP contribution in [-0.4, -0.2) is 15.8 Å². The Morgan fingerprint density at radius 2 is 1.67 bits per heavy atom. The minimum Gasteiger partial charge on any atom is -0.321 e. The summed E-state index contributed by atoms with van der Waals surface area (Å²) in [5.74, 6) is -0.290. The van der Waals surface area contributed by atoms with Gasteiger partial charge in [-0.2, -0.15) is 0 Å². The fourth-order valence-electron chi connectivity index (χ4n) is 2.33. The summed E-state index contributed by atoms with van der Waals surface area (Å²) in [4.78, 5) is 27.2. The van der Waals surface area contributed by atoms with E-state index < -0.39 is 4.92 Å². The average Bonchev–Trinajstić information content (AvgIpc) is 2.63. The number of aromatic nitrogens is 1. The van der Waals surface area contributed by atoms with Crippen LogP contribution in [0, 0.1) is 10.1 Å². The number of pyridine rings is 1. The Balaban J connectivity index is 2.01. The fourth-order valence-corrected chi connectivity index (χ4v) is 2.33. The molecule has 3 aromatic rings. The molecule has 1 N–H and O–H groups in total. The highest BCUT2D eigenvalue weighted by Gasteiger charge is 2.19. The molecule has 6 heteroatoms. The Kier molecular flexibility index (Phi) is 4.29. The fraction of sp³-hybridized carbons (Fsp3) is 0. The van der Waals surface area contributed by atoms with Gasteiger partial charge in [-0.25, -0.2) is 4.98 Å². The number of nitrogens with one attached hydrogen (secondary N) is 1. The van der Waals surface area contributed by atoms with E-state index in [2.05, 4.69) is 10.3 Å². The topological polar surface area (TPSA) is 85.1 Å². The molecule has 0 radical (unpaired) electrons. The maximum Gasteiger partial charge on any atom is 0.295 e. The van der Waals surface area contributed by atoms with Crippen molar-refractivity contribution in [2.75, 3.05) is 5.32 Å². The molecule has 0 saturated carbocycles. The molecule has 2 aromatic carbocycles. The first-order valence-electron chi connectivity index (χ1n) is 7.22.